The zero-order chi connectivity index (χ0) is 13.0. The normalized spacial score (nSPS) is 10.4. The zero-order valence-electron chi connectivity index (χ0n) is 10.0. The van der Waals surface area contributed by atoms with Crippen molar-refractivity contribution in [2.24, 2.45) is 5.73 Å². The van der Waals surface area contributed by atoms with Crippen LogP contribution in [0.4, 0.5) is 0 Å². The summed E-state index contributed by atoms with van der Waals surface area (Å²) in [4.78, 5) is 2.36. The number of benzene rings is 2. The largest absolute Gasteiger partial charge is 0.497 e. The average molecular weight is 324 g/mol. The summed E-state index contributed by atoms with van der Waals surface area (Å²) < 4.78 is 6.22. The Morgan fingerprint density at radius 2 is 1.89 bits per heavy atom. The molecule has 0 saturated carbocycles. The molecule has 2 nitrogen and oxygen atoms in total. The van der Waals surface area contributed by atoms with Gasteiger partial charge in [0.1, 0.15) is 5.75 Å². The van der Waals surface area contributed by atoms with Gasteiger partial charge >= 0.3 is 0 Å². The second-order valence-corrected chi connectivity index (χ2v) is 5.72. The van der Waals surface area contributed by atoms with Crippen molar-refractivity contribution in [3.8, 4) is 5.75 Å². The molecule has 4 heteroatoms. The summed E-state index contributed by atoms with van der Waals surface area (Å²) in [6, 6.07) is 14.2. The van der Waals surface area contributed by atoms with E-state index in [4.69, 9.17) is 10.5 Å². The van der Waals surface area contributed by atoms with E-state index < -0.39 is 0 Å². The number of methoxy groups -OCH3 is 1. The van der Waals surface area contributed by atoms with E-state index in [0.29, 0.717) is 6.54 Å². The first-order chi connectivity index (χ1) is 8.72. The Balaban J connectivity index is 2.17. The third-order valence-electron chi connectivity index (χ3n) is 2.52. The number of halogens is 1. The van der Waals surface area contributed by atoms with E-state index in [-0.39, 0.29) is 0 Å². The summed E-state index contributed by atoms with van der Waals surface area (Å²) in [7, 11) is 1.67. The van der Waals surface area contributed by atoms with Gasteiger partial charge in [0.25, 0.3) is 0 Å². The SMILES string of the molecule is COc1ccc(Sc2ccc(CN)cc2Br)cc1. The first-order valence-corrected chi connectivity index (χ1v) is 7.14. The van der Waals surface area contributed by atoms with Crippen molar-refractivity contribution in [3.63, 3.8) is 0 Å². The third-order valence-corrected chi connectivity index (χ3v) is 4.52. The van der Waals surface area contributed by atoms with Crippen molar-refractivity contribution < 1.29 is 4.74 Å². The van der Waals surface area contributed by atoms with Gasteiger partial charge in [-0.05, 0) is 57.9 Å². The van der Waals surface area contributed by atoms with E-state index in [0.717, 1.165) is 15.8 Å². The predicted molar refractivity (Wildman–Crippen MR) is 79.2 cm³/mol. The number of hydrogen-bond acceptors (Lipinski definition) is 3. The molecule has 0 spiro atoms. The van der Waals surface area contributed by atoms with E-state index in [2.05, 4.69) is 34.1 Å². The molecule has 0 atom stereocenters. The van der Waals surface area contributed by atoms with E-state index in [9.17, 15) is 0 Å². The molecule has 0 heterocycles. The van der Waals surface area contributed by atoms with E-state index >= 15 is 0 Å². The molecule has 0 aliphatic rings. The zero-order valence-corrected chi connectivity index (χ0v) is 12.4. The number of ether oxygens (including phenoxy) is 1. The van der Waals surface area contributed by atoms with Crippen LogP contribution in [0.15, 0.2) is 56.7 Å². The molecule has 18 heavy (non-hydrogen) atoms. The van der Waals surface area contributed by atoms with Gasteiger partial charge in [0.15, 0.2) is 0 Å². The van der Waals surface area contributed by atoms with Gasteiger partial charge in [-0.25, -0.2) is 0 Å². The van der Waals surface area contributed by atoms with Gasteiger partial charge in [0, 0.05) is 20.8 Å². The van der Waals surface area contributed by atoms with E-state index in [1.807, 2.05) is 24.3 Å². The van der Waals surface area contributed by atoms with Crippen LogP contribution in [0.5, 0.6) is 5.75 Å². The lowest BCUT2D eigenvalue weighted by Crippen LogP contribution is -1.95. The molecule has 0 unspecified atom stereocenters. The van der Waals surface area contributed by atoms with Gasteiger partial charge in [-0.3, -0.25) is 0 Å². The van der Waals surface area contributed by atoms with Crippen molar-refractivity contribution in [1.82, 2.24) is 0 Å². The van der Waals surface area contributed by atoms with Crippen LogP contribution in [-0.2, 0) is 6.54 Å². The molecule has 2 aromatic carbocycles. The number of nitrogens with two attached hydrogens (primary N) is 1. The van der Waals surface area contributed by atoms with E-state index in [1.165, 1.54) is 9.79 Å². The summed E-state index contributed by atoms with van der Waals surface area (Å²) in [5.41, 5.74) is 6.74. The maximum absolute atomic E-state index is 5.61. The number of hydrogen-bond donors (Lipinski definition) is 1. The molecule has 0 fully saturated rings. The van der Waals surface area contributed by atoms with Crippen LogP contribution in [-0.4, -0.2) is 7.11 Å². The lowest BCUT2D eigenvalue weighted by molar-refractivity contribution is 0.414. The molecule has 0 saturated heterocycles. The summed E-state index contributed by atoms with van der Waals surface area (Å²) in [5, 5.41) is 0. The van der Waals surface area contributed by atoms with Crippen LogP contribution < -0.4 is 10.5 Å². The van der Waals surface area contributed by atoms with E-state index in [1.54, 1.807) is 18.9 Å². The highest BCUT2D eigenvalue weighted by atomic mass is 79.9. The monoisotopic (exact) mass is 323 g/mol. The van der Waals surface area contributed by atoms with Gasteiger partial charge in [0.05, 0.1) is 7.11 Å². The van der Waals surface area contributed by atoms with Crippen LogP contribution in [0.25, 0.3) is 0 Å². The molecule has 2 aromatic rings. The fourth-order valence-electron chi connectivity index (χ4n) is 1.52. The maximum atomic E-state index is 5.61. The molecular formula is C14H14BrNOS. The quantitative estimate of drug-likeness (QED) is 0.921. The molecule has 94 valence electrons. The van der Waals surface area contributed by atoms with Crippen molar-refractivity contribution in [2.45, 2.75) is 16.3 Å². The van der Waals surface area contributed by atoms with Crippen molar-refractivity contribution in [3.05, 3.63) is 52.5 Å². The standard InChI is InChI=1S/C14H14BrNOS/c1-17-11-3-5-12(6-4-11)18-14-7-2-10(9-16)8-13(14)15/h2-8H,9,16H2,1H3. The molecule has 0 amide bonds. The molecule has 0 aliphatic heterocycles. The van der Waals surface area contributed by atoms with Crippen molar-refractivity contribution in [2.75, 3.05) is 7.11 Å². The first-order valence-electron chi connectivity index (χ1n) is 5.53. The Bertz CT molecular complexity index is 528. The lowest BCUT2D eigenvalue weighted by Gasteiger charge is -2.07. The highest BCUT2D eigenvalue weighted by Crippen LogP contribution is 2.34. The van der Waals surface area contributed by atoms with Gasteiger partial charge in [0.2, 0.25) is 0 Å². The predicted octanol–water partition coefficient (Wildman–Crippen LogP) is 4.07. The molecule has 2 rings (SSSR count). The van der Waals surface area contributed by atoms with Gasteiger partial charge < -0.3 is 10.5 Å². The van der Waals surface area contributed by atoms with Crippen LogP contribution in [0.2, 0.25) is 0 Å². The lowest BCUT2D eigenvalue weighted by atomic mass is 10.2. The molecule has 0 aromatic heterocycles. The van der Waals surface area contributed by atoms with Crippen LogP contribution in [0.3, 0.4) is 0 Å². The summed E-state index contributed by atoms with van der Waals surface area (Å²) >= 11 is 5.28. The van der Waals surface area contributed by atoms with Gasteiger partial charge in [-0.1, -0.05) is 17.8 Å². The van der Waals surface area contributed by atoms with Gasteiger partial charge in [-0.2, -0.15) is 0 Å². The fraction of sp³-hybridized carbons (Fsp3) is 0.143. The highest BCUT2D eigenvalue weighted by Gasteiger charge is 2.03. The Morgan fingerprint density at radius 3 is 2.44 bits per heavy atom. The molecule has 0 radical (unpaired) electrons. The second-order valence-electron chi connectivity index (χ2n) is 3.75. The van der Waals surface area contributed by atoms with Crippen LogP contribution >= 0.6 is 27.7 Å². The van der Waals surface area contributed by atoms with Gasteiger partial charge in [-0.15, -0.1) is 0 Å². The maximum Gasteiger partial charge on any atom is 0.118 e. The topological polar surface area (TPSA) is 35.2 Å². The Hall–Kier alpha value is -0.970. The minimum atomic E-state index is 0.562. The number of rotatable bonds is 4. The Kier molecular flexibility index (Phi) is 4.69. The summed E-state index contributed by atoms with van der Waals surface area (Å²) in [6.07, 6.45) is 0. The molecule has 0 aliphatic carbocycles. The summed E-state index contributed by atoms with van der Waals surface area (Å²) in [5.74, 6) is 0.872. The minimum Gasteiger partial charge on any atom is -0.497 e. The summed E-state index contributed by atoms with van der Waals surface area (Å²) in [6.45, 7) is 0.562. The molecule has 0 bridgehead atoms. The van der Waals surface area contributed by atoms with Crippen LogP contribution in [0.1, 0.15) is 5.56 Å². The Labute approximate surface area is 120 Å². The second kappa shape index (κ2) is 6.27. The minimum absolute atomic E-state index is 0.562. The highest BCUT2D eigenvalue weighted by molar-refractivity contribution is 9.10. The first kappa shape index (κ1) is 13.5. The van der Waals surface area contributed by atoms with Crippen molar-refractivity contribution >= 4 is 27.7 Å². The smallest absolute Gasteiger partial charge is 0.118 e. The Morgan fingerprint density at radius 1 is 1.17 bits per heavy atom. The molecule has 2 N–H and O–H groups in total. The fourth-order valence-corrected chi connectivity index (χ4v) is 3.01. The average Bonchev–Trinajstić information content (AvgIpc) is 2.42. The van der Waals surface area contributed by atoms with Crippen LogP contribution in [0, 0.1) is 0 Å². The van der Waals surface area contributed by atoms with Crippen molar-refractivity contribution in [1.29, 1.82) is 0 Å². The molecular weight excluding hydrogens is 310 g/mol. The third kappa shape index (κ3) is 3.28.